The Morgan fingerprint density at radius 1 is 1.10 bits per heavy atom. The zero-order valence-electron chi connectivity index (χ0n) is 11.1. The number of hydrogen-bond donors (Lipinski definition) is 0. The first-order valence-electron chi connectivity index (χ1n) is 6.30. The molecular weight excluding hydrogens is 313 g/mol. The molecule has 0 spiro atoms. The second kappa shape index (κ2) is 7.29. The third-order valence-electron chi connectivity index (χ3n) is 2.95. The van der Waals surface area contributed by atoms with Crippen molar-refractivity contribution in [2.45, 2.75) is 12.3 Å². The smallest absolute Gasteiger partial charge is 0.269 e. The van der Waals surface area contributed by atoms with Crippen molar-refractivity contribution in [1.82, 2.24) is 0 Å². The minimum Gasteiger partial charge on any atom is -0.492 e. The maximum absolute atomic E-state index is 10.6. The molecule has 0 saturated carbocycles. The summed E-state index contributed by atoms with van der Waals surface area (Å²) < 4.78 is 5.61. The Bertz CT molecular complexity index is 629. The van der Waals surface area contributed by atoms with Gasteiger partial charge in [-0.15, -0.1) is 11.6 Å². The van der Waals surface area contributed by atoms with E-state index in [4.69, 9.17) is 27.9 Å². The lowest BCUT2D eigenvalue weighted by molar-refractivity contribution is -0.384. The van der Waals surface area contributed by atoms with E-state index in [0.29, 0.717) is 29.7 Å². The number of ether oxygens (including phenoxy) is 1. The number of alkyl halides is 1. The quantitative estimate of drug-likeness (QED) is 0.442. The van der Waals surface area contributed by atoms with Crippen molar-refractivity contribution in [3.8, 4) is 5.75 Å². The summed E-state index contributed by atoms with van der Waals surface area (Å²) in [4.78, 5) is 10.1. The topological polar surface area (TPSA) is 52.4 Å². The van der Waals surface area contributed by atoms with E-state index in [1.807, 2.05) is 6.07 Å². The second-order valence-electron chi connectivity index (χ2n) is 4.42. The summed E-state index contributed by atoms with van der Waals surface area (Å²) >= 11 is 11.8. The SMILES string of the molecule is O=[N+]([O-])c1ccc(CCOc2ccc(CCl)cc2Cl)cc1. The standard InChI is InChI=1S/C15H13Cl2NO3/c16-10-12-3-6-15(14(17)9-12)21-8-7-11-1-4-13(5-2-11)18(19)20/h1-6,9H,7-8,10H2. The summed E-state index contributed by atoms with van der Waals surface area (Å²) in [6.45, 7) is 0.442. The molecule has 21 heavy (non-hydrogen) atoms. The predicted molar refractivity (Wildman–Crippen MR) is 83.3 cm³/mol. The second-order valence-corrected chi connectivity index (χ2v) is 5.09. The first-order valence-corrected chi connectivity index (χ1v) is 7.22. The van der Waals surface area contributed by atoms with E-state index in [-0.39, 0.29) is 5.69 Å². The van der Waals surface area contributed by atoms with Crippen LogP contribution in [0.1, 0.15) is 11.1 Å². The van der Waals surface area contributed by atoms with Crippen LogP contribution < -0.4 is 4.74 Å². The van der Waals surface area contributed by atoms with Crippen molar-refractivity contribution in [1.29, 1.82) is 0 Å². The minimum atomic E-state index is -0.418. The van der Waals surface area contributed by atoms with Crippen LogP contribution >= 0.6 is 23.2 Å². The molecule has 0 aliphatic carbocycles. The Balaban J connectivity index is 1.90. The third kappa shape index (κ3) is 4.34. The molecule has 2 rings (SSSR count). The fourth-order valence-electron chi connectivity index (χ4n) is 1.81. The molecule has 6 heteroatoms. The van der Waals surface area contributed by atoms with Crippen molar-refractivity contribution in [3.63, 3.8) is 0 Å². The van der Waals surface area contributed by atoms with Gasteiger partial charge in [0.1, 0.15) is 5.75 Å². The lowest BCUT2D eigenvalue weighted by Gasteiger charge is -2.09. The van der Waals surface area contributed by atoms with Gasteiger partial charge in [-0.1, -0.05) is 29.8 Å². The summed E-state index contributed by atoms with van der Waals surface area (Å²) in [5.74, 6) is 1.01. The minimum absolute atomic E-state index is 0.0828. The molecule has 110 valence electrons. The van der Waals surface area contributed by atoms with Gasteiger partial charge in [-0.2, -0.15) is 0 Å². The molecule has 0 aliphatic heterocycles. The average molecular weight is 326 g/mol. The van der Waals surface area contributed by atoms with Gasteiger partial charge in [-0.25, -0.2) is 0 Å². The Morgan fingerprint density at radius 2 is 1.76 bits per heavy atom. The Morgan fingerprint density at radius 3 is 2.33 bits per heavy atom. The Kier molecular flexibility index (Phi) is 5.42. The van der Waals surface area contributed by atoms with E-state index in [1.165, 1.54) is 12.1 Å². The highest BCUT2D eigenvalue weighted by Crippen LogP contribution is 2.26. The van der Waals surface area contributed by atoms with Crippen LogP contribution in [0.2, 0.25) is 5.02 Å². The summed E-state index contributed by atoms with van der Waals surface area (Å²) in [5, 5.41) is 11.1. The Labute approximate surface area is 132 Å². The Hall–Kier alpha value is -1.78. The lowest BCUT2D eigenvalue weighted by atomic mass is 10.1. The molecule has 0 aromatic heterocycles. The molecule has 0 heterocycles. The van der Waals surface area contributed by atoms with Crippen LogP contribution in [-0.2, 0) is 12.3 Å². The van der Waals surface area contributed by atoms with Gasteiger partial charge >= 0.3 is 0 Å². The molecule has 0 unspecified atom stereocenters. The lowest BCUT2D eigenvalue weighted by Crippen LogP contribution is -2.02. The van der Waals surface area contributed by atoms with E-state index >= 15 is 0 Å². The third-order valence-corrected chi connectivity index (χ3v) is 3.55. The molecular formula is C15H13Cl2NO3. The number of benzene rings is 2. The van der Waals surface area contributed by atoms with Crippen molar-refractivity contribution in [2.24, 2.45) is 0 Å². The van der Waals surface area contributed by atoms with Crippen LogP contribution in [-0.4, -0.2) is 11.5 Å². The first kappa shape index (κ1) is 15.6. The highest BCUT2D eigenvalue weighted by Gasteiger charge is 2.05. The number of nitrogens with zero attached hydrogens (tertiary/aromatic N) is 1. The molecule has 0 bridgehead atoms. The van der Waals surface area contributed by atoms with Gasteiger partial charge in [0, 0.05) is 24.4 Å². The van der Waals surface area contributed by atoms with Crippen molar-refractivity contribution >= 4 is 28.9 Å². The van der Waals surface area contributed by atoms with Crippen LogP contribution in [0.3, 0.4) is 0 Å². The maximum Gasteiger partial charge on any atom is 0.269 e. The average Bonchev–Trinajstić information content (AvgIpc) is 2.49. The number of hydrogen-bond acceptors (Lipinski definition) is 3. The molecule has 0 fully saturated rings. The number of halogens is 2. The maximum atomic E-state index is 10.6. The molecule has 0 amide bonds. The van der Waals surface area contributed by atoms with Crippen molar-refractivity contribution in [2.75, 3.05) is 6.61 Å². The largest absolute Gasteiger partial charge is 0.492 e. The number of rotatable bonds is 6. The summed E-state index contributed by atoms with van der Waals surface area (Å²) in [6, 6.07) is 11.8. The fraction of sp³-hybridized carbons (Fsp3) is 0.200. The van der Waals surface area contributed by atoms with E-state index < -0.39 is 4.92 Å². The monoisotopic (exact) mass is 325 g/mol. The van der Waals surface area contributed by atoms with Gasteiger partial charge in [-0.05, 0) is 23.3 Å². The predicted octanol–water partition coefficient (Wildman–Crippen LogP) is 4.61. The normalized spacial score (nSPS) is 10.4. The van der Waals surface area contributed by atoms with Crippen molar-refractivity contribution in [3.05, 3.63) is 68.7 Å². The van der Waals surface area contributed by atoms with E-state index in [9.17, 15) is 10.1 Å². The van der Waals surface area contributed by atoms with Gasteiger partial charge in [0.05, 0.1) is 16.6 Å². The zero-order valence-corrected chi connectivity index (χ0v) is 12.6. The molecule has 2 aromatic rings. The molecule has 4 nitrogen and oxygen atoms in total. The molecule has 0 saturated heterocycles. The summed E-state index contributed by atoms with van der Waals surface area (Å²) in [5.41, 5.74) is 1.98. The van der Waals surface area contributed by atoms with Crippen molar-refractivity contribution < 1.29 is 9.66 Å². The van der Waals surface area contributed by atoms with Crippen LogP contribution in [0.5, 0.6) is 5.75 Å². The zero-order chi connectivity index (χ0) is 15.2. The molecule has 0 aliphatic rings. The van der Waals surface area contributed by atoms with E-state index in [2.05, 4.69) is 0 Å². The summed E-state index contributed by atoms with van der Waals surface area (Å²) in [6.07, 6.45) is 0.644. The van der Waals surface area contributed by atoms with E-state index in [0.717, 1.165) is 11.1 Å². The van der Waals surface area contributed by atoms with Crippen LogP contribution in [0.4, 0.5) is 5.69 Å². The highest BCUT2D eigenvalue weighted by molar-refractivity contribution is 6.32. The fourth-order valence-corrected chi connectivity index (χ4v) is 2.23. The summed E-state index contributed by atoms with van der Waals surface area (Å²) in [7, 11) is 0. The molecule has 2 aromatic carbocycles. The van der Waals surface area contributed by atoms with Crippen LogP contribution in [0.25, 0.3) is 0 Å². The van der Waals surface area contributed by atoms with Gasteiger partial charge in [0.25, 0.3) is 5.69 Å². The number of non-ortho nitro benzene ring substituents is 1. The van der Waals surface area contributed by atoms with Gasteiger partial charge in [-0.3, -0.25) is 10.1 Å². The van der Waals surface area contributed by atoms with Crippen LogP contribution in [0, 0.1) is 10.1 Å². The van der Waals surface area contributed by atoms with E-state index in [1.54, 1.807) is 24.3 Å². The van der Waals surface area contributed by atoms with Crippen LogP contribution in [0.15, 0.2) is 42.5 Å². The van der Waals surface area contributed by atoms with Gasteiger partial charge < -0.3 is 4.74 Å². The number of nitro benzene ring substituents is 1. The van der Waals surface area contributed by atoms with Gasteiger partial charge in [0.2, 0.25) is 0 Å². The molecule has 0 radical (unpaired) electrons. The first-order chi connectivity index (χ1) is 10.1. The highest BCUT2D eigenvalue weighted by atomic mass is 35.5. The van der Waals surface area contributed by atoms with Gasteiger partial charge in [0.15, 0.2) is 0 Å². The number of nitro groups is 1. The molecule has 0 atom stereocenters. The molecule has 0 N–H and O–H groups in total.